The zero-order valence-corrected chi connectivity index (χ0v) is 18.8. The molecule has 1 N–H and O–H groups in total. The maximum atomic E-state index is 4.75. The van der Waals surface area contributed by atoms with Crippen molar-refractivity contribution in [3.63, 3.8) is 0 Å². The van der Waals surface area contributed by atoms with E-state index in [-0.39, 0.29) is 24.0 Å². The summed E-state index contributed by atoms with van der Waals surface area (Å²) in [4.78, 5) is 6.88. The third kappa shape index (κ3) is 4.75. The summed E-state index contributed by atoms with van der Waals surface area (Å²) in [6.45, 7) is 5.26. The Bertz CT molecular complexity index is 737. The lowest BCUT2D eigenvalue weighted by Crippen LogP contribution is -2.38. The molecule has 0 fully saturated rings. The Balaban J connectivity index is 0.00000225. The molecular weight excluding hydrogens is 497 g/mol. The first-order chi connectivity index (χ1) is 11.6. The molecule has 3 rings (SSSR count). The van der Waals surface area contributed by atoms with Gasteiger partial charge < -0.3 is 19.4 Å². The van der Waals surface area contributed by atoms with Gasteiger partial charge in [0.25, 0.3) is 0 Å². The lowest BCUT2D eigenvalue weighted by molar-refractivity contribution is 0.461. The molecule has 0 spiro atoms. The summed E-state index contributed by atoms with van der Waals surface area (Å²) in [5, 5.41) is 11.9. The van der Waals surface area contributed by atoms with Crippen molar-refractivity contribution in [3.8, 4) is 0 Å². The van der Waals surface area contributed by atoms with Crippen LogP contribution in [-0.2, 0) is 33.1 Å². The first-order valence-electron chi connectivity index (χ1n) is 8.29. The summed E-state index contributed by atoms with van der Waals surface area (Å²) in [7, 11) is 4.11. The van der Waals surface area contributed by atoms with Gasteiger partial charge in [-0.05, 0) is 35.3 Å². The van der Waals surface area contributed by atoms with Crippen LogP contribution < -0.4 is 5.32 Å². The topological polar surface area (TPSA) is 63.3 Å². The van der Waals surface area contributed by atoms with E-state index in [2.05, 4.69) is 78.8 Å². The summed E-state index contributed by atoms with van der Waals surface area (Å²) in [6, 6.07) is 2.13. The lowest BCUT2D eigenvalue weighted by Gasteiger charge is -2.22. The van der Waals surface area contributed by atoms with Crippen LogP contribution in [0.4, 0.5) is 0 Å². The van der Waals surface area contributed by atoms with Gasteiger partial charge >= 0.3 is 0 Å². The number of hydrogen-bond acceptors (Lipinski definition) is 3. The first-order valence-corrected chi connectivity index (χ1v) is 9.09. The standard InChI is InChI=1S/C16H24BrN7.HI/c1-4-18-16(23(3)11-13-8-12(17)10-22(13)2)19-9-15-21-20-14-6-5-7-24(14)15;/h8,10H,4-7,9,11H2,1-3H3,(H,18,19);1H. The van der Waals surface area contributed by atoms with E-state index in [1.165, 1.54) is 5.69 Å². The molecule has 0 radical (unpaired) electrons. The highest BCUT2D eigenvalue weighted by Gasteiger charge is 2.17. The number of halogens is 2. The smallest absolute Gasteiger partial charge is 0.194 e. The second kappa shape index (κ2) is 9.02. The van der Waals surface area contributed by atoms with Crippen LogP contribution in [0.15, 0.2) is 21.7 Å². The normalized spacial score (nSPS) is 13.5. The fourth-order valence-corrected chi connectivity index (χ4v) is 3.56. The number of nitrogens with zero attached hydrogens (tertiary/aromatic N) is 6. The molecule has 2 aromatic heterocycles. The average Bonchev–Trinajstić information content (AvgIpc) is 3.21. The Hall–Kier alpha value is -1.10. The molecule has 9 heteroatoms. The minimum atomic E-state index is 0. The zero-order chi connectivity index (χ0) is 17.1. The molecule has 0 amide bonds. The lowest BCUT2D eigenvalue weighted by atomic mass is 10.4. The Kier molecular flexibility index (Phi) is 7.29. The molecule has 0 saturated carbocycles. The SMILES string of the molecule is CCNC(=NCc1nnc2n1CCC2)N(C)Cc1cc(Br)cn1C.I. The minimum absolute atomic E-state index is 0. The van der Waals surface area contributed by atoms with E-state index >= 15 is 0 Å². The Morgan fingerprint density at radius 2 is 2.24 bits per heavy atom. The summed E-state index contributed by atoms with van der Waals surface area (Å²) in [6.07, 6.45) is 4.25. The predicted molar refractivity (Wildman–Crippen MR) is 113 cm³/mol. The fourth-order valence-electron chi connectivity index (χ4n) is 2.98. The molecule has 0 aromatic carbocycles. The number of hydrogen-bond donors (Lipinski definition) is 1. The predicted octanol–water partition coefficient (Wildman–Crippen LogP) is 2.54. The van der Waals surface area contributed by atoms with Crippen LogP contribution in [0, 0.1) is 0 Å². The summed E-state index contributed by atoms with van der Waals surface area (Å²) in [5.74, 6) is 2.92. The van der Waals surface area contributed by atoms with Gasteiger partial charge in [0.2, 0.25) is 0 Å². The van der Waals surface area contributed by atoms with Gasteiger partial charge in [0, 0.05) is 50.0 Å². The zero-order valence-electron chi connectivity index (χ0n) is 14.9. The van der Waals surface area contributed by atoms with E-state index in [0.717, 1.165) is 54.6 Å². The van der Waals surface area contributed by atoms with Crippen molar-refractivity contribution in [1.29, 1.82) is 0 Å². The van der Waals surface area contributed by atoms with E-state index < -0.39 is 0 Å². The number of rotatable bonds is 5. The summed E-state index contributed by atoms with van der Waals surface area (Å²) in [5.41, 5.74) is 1.22. The number of aliphatic imine (C=N–C) groups is 1. The van der Waals surface area contributed by atoms with Crippen LogP contribution in [0.25, 0.3) is 0 Å². The maximum absolute atomic E-state index is 4.75. The van der Waals surface area contributed by atoms with Gasteiger partial charge in [0.05, 0.1) is 6.54 Å². The highest BCUT2D eigenvalue weighted by atomic mass is 127. The number of aryl methyl sites for hydroxylation is 2. The molecular formula is C16H25BrIN7. The van der Waals surface area contributed by atoms with Crippen LogP contribution in [0.1, 0.15) is 30.7 Å². The quantitative estimate of drug-likeness (QED) is 0.373. The molecule has 0 bridgehead atoms. The summed E-state index contributed by atoms with van der Waals surface area (Å²) >= 11 is 3.52. The molecule has 138 valence electrons. The number of fused-ring (bicyclic) bond motifs is 1. The largest absolute Gasteiger partial charge is 0.357 e. The molecule has 0 saturated heterocycles. The van der Waals surface area contributed by atoms with E-state index in [0.29, 0.717) is 6.54 Å². The van der Waals surface area contributed by atoms with Crippen molar-refractivity contribution in [3.05, 3.63) is 34.1 Å². The molecule has 2 aromatic rings. The van der Waals surface area contributed by atoms with E-state index in [9.17, 15) is 0 Å². The maximum Gasteiger partial charge on any atom is 0.194 e. The van der Waals surface area contributed by atoms with E-state index in [1.807, 2.05) is 0 Å². The van der Waals surface area contributed by atoms with Crippen LogP contribution in [-0.4, -0.2) is 43.8 Å². The second-order valence-corrected chi connectivity index (χ2v) is 6.99. The Morgan fingerprint density at radius 1 is 1.44 bits per heavy atom. The third-order valence-corrected chi connectivity index (χ3v) is 4.66. The van der Waals surface area contributed by atoms with E-state index in [4.69, 9.17) is 4.99 Å². The third-order valence-electron chi connectivity index (χ3n) is 4.23. The van der Waals surface area contributed by atoms with Crippen molar-refractivity contribution in [1.82, 2.24) is 29.5 Å². The van der Waals surface area contributed by atoms with Crippen molar-refractivity contribution >= 4 is 45.9 Å². The van der Waals surface area contributed by atoms with Crippen LogP contribution in [0.2, 0.25) is 0 Å². The van der Waals surface area contributed by atoms with Gasteiger partial charge in [-0.1, -0.05) is 0 Å². The van der Waals surface area contributed by atoms with Gasteiger partial charge in [-0.3, -0.25) is 0 Å². The Morgan fingerprint density at radius 3 is 2.92 bits per heavy atom. The molecule has 0 unspecified atom stereocenters. The highest BCUT2D eigenvalue weighted by molar-refractivity contribution is 14.0. The molecule has 7 nitrogen and oxygen atoms in total. The van der Waals surface area contributed by atoms with Crippen molar-refractivity contribution < 1.29 is 0 Å². The van der Waals surface area contributed by atoms with Crippen LogP contribution >= 0.6 is 39.9 Å². The van der Waals surface area contributed by atoms with Crippen molar-refractivity contribution in [2.75, 3.05) is 13.6 Å². The number of guanidine groups is 1. The minimum Gasteiger partial charge on any atom is -0.357 e. The molecule has 1 aliphatic heterocycles. The molecule has 1 aliphatic rings. The van der Waals surface area contributed by atoms with E-state index in [1.54, 1.807) is 0 Å². The number of aromatic nitrogens is 4. The fraction of sp³-hybridized carbons (Fsp3) is 0.562. The molecule has 0 aliphatic carbocycles. The van der Waals surface area contributed by atoms with Gasteiger partial charge in [0.1, 0.15) is 12.4 Å². The average molecular weight is 522 g/mol. The van der Waals surface area contributed by atoms with Crippen molar-refractivity contribution in [2.45, 2.75) is 39.4 Å². The molecule has 25 heavy (non-hydrogen) atoms. The highest BCUT2D eigenvalue weighted by Crippen LogP contribution is 2.16. The second-order valence-electron chi connectivity index (χ2n) is 6.07. The monoisotopic (exact) mass is 521 g/mol. The van der Waals surface area contributed by atoms with Crippen LogP contribution in [0.5, 0.6) is 0 Å². The van der Waals surface area contributed by atoms with Gasteiger partial charge in [-0.25, -0.2) is 4.99 Å². The van der Waals surface area contributed by atoms with Gasteiger partial charge in [-0.15, -0.1) is 34.2 Å². The van der Waals surface area contributed by atoms with Gasteiger partial charge in [-0.2, -0.15) is 0 Å². The summed E-state index contributed by atoms with van der Waals surface area (Å²) < 4.78 is 5.41. The first kappa shape index (κ1) is 20.2. The molecule has 0 atom stereocenters. The van der Waals surface area contributed by atoms with Crippen LogP contribution in [0.3, 0.4) is 0 Å². The van der Waals surface area contributed by atoms with Crippen molar-refractivity contribution in [2.24, 2.45) is 12.0 Å². The van der Waals surface area contributed by atoms with Gasteiger partial charge in [0.15, 0.2) is 11.8 Å². The molecule has 3 heterocycles. The number of nitrogens with one attached hydrogen (secondary N) is 1. The Labute approximate surface area is 174 Å².